The molecule has 0 heterocycles. The lowest BCUT2D eigenvalue weighted by Gasteiger charge is -2.11. The van der Waals surface area contributed by atoms with Crippen LogP contribution in [0.3, 0.4) is 0 Å². The molecule has 0 radical (unpaired) electrons. The SMILES string of the molecule is CCOC(=O)C(C=Nc1ccc(S(=O)(=O)C2CCCC2)cc1)C(=O)OCC. The number of sulfone groups is 1. The van der Waals surface area contributed by atoms with Gasteiger partial charge in [-0.3, -0.25) is 14.6 Å². The first-order valence-corrected chi connectivity index (χ1v) is 10.7. The van der Waals surface area contributed by atoms with Gasteiger partial charge in [-0.1, -0.05) is 12.8 Å². The van der Waals surface area contributed by atoms with Crippen LogP contribution in [-0.4, -0.2) is 45.0 Å². The zero-order valence-electron chi connectivity index (χ0n) is 15.6. The summed E-state index contributed by atoms with van der Waals surface area (Å²) in [6, 6.07) is 6.10. The average Bonchev–Trinajstić information content (AvgIpc) is 3.18. The Hall–Kier alpha value is -2.22. The Morgan fingerprint density at radius 1 is 1.07 bits per heavy atom. The smallest absolute Gasteiger partial charge is 0.325 e. The summed E-state index contributed by atoms with van der Waals surface area (Å²) in [5.74, 6) is -2.73. The van der Waals surface area contributed by atoms with E-state index in [0.29, 0.717) is 18.5 Å². The van der Waals surface area contributed by atoms with Crippen molar-refractivity contribution in [3.8, 4) is 0 Å². The Balaban J connectivity index is 2.15. The molecule has 0 unspecified atom stereocenters. The van der Waals surface area contributed by atoms with Crippen molar-refractivity contribution >= 4 is 33.7 Å². The second-order valence-electron chi connectivity index (χ2n) is 6.21. The van der Waals surface area contributed by atoms with Crippen molar-refractivity contribution in [3.05, 3.63) is 24.3 Å². The Morgan fingerprint density at radius 2 is 1.59 bits per heavy atom. The summed E-state index contributed by atoms with van der Waals surface area (Å²) in [6.07, 6.45) is 4.44. The second kappa shape index (κ2) is 9.64. The molecule has 8 heteroatoms. The van der Waals surface area contributed by atoms with Gasteiger partial charge in [0.15, 0.2) is 15.8 Å². The van der Waals surface area contributed by atoms with Crippen molar-refractivity contribution in [1.29, 1.82) is 0 Å². The second-order valence-corrected chi connectivity index (χ2v) is 8.43. The van der Waals surface area contributed by atoms with Gasteiger partial charge in [0.25, 0.3) is 0 Å². The number of benzene rings is 1. The van der Waals surface area contributed by atoms with Gasteiger partial charge in [0.2, 0.25) is 0 Å². The molecule has 0 spiro atoms. The molecule has 1 saturated carbocycles. The van der Waals surface area contributed by atoms with E-state index in [-0.39, 0.29) is 23.4 Å². The molecule has 0 bridgehead atoms. The monoisotopic (exact) mass is 395 g/mol. The number of nitrogens with zero attached hydrogens (tertiary/aromatic N) is 1. The lowest BCUT2D eigenvalue weighted by molar-refractivity contribution is -0.157. The number of hydrogen-bond acceptors (Lipinski definition) is 7. The van der Waals surface area contributed by atoms with E-state index in [2.05, 4.69) is 4.99 Å². The highest BCUT2D eigenvalue weighted by Crippen LogP contribution is 2.30. The number of hydrogen-bond donors (Lipinski definition) is 0. The van der Waals surface area contributed by atoms with Gasteiger partial charge in [0.1, 0.15) is 0 Å². The standard InChI is InChI=1S/C19H25NO6S/c1-3-25-18(21)17(19(22)26-4-2)13-20-14-9-11-16(12-10-14)27(23,24)15-7-5-6-8-15/h9-13,15,17H,3-8H2,1-2H3. The van der Waals surface area contributed by atoms with Crippen LogP contribution in [0.25, 0.3) is 0 Å². The molecule has 1 aliphatic carbocycles. The maximum atomic E-state index is 12.6. The lowest BCUT2D eigenvalue weighted by Crippen LogP contribution is -2.29. The molecule has 148 valence electrons. The first-order chi connectivity index (χ1) is 12.9. The molecule has 1 aromatic rings. The summed E-state index contributed by atoms with van der Waals surface area (Å²) in [5.41, 5.74) is 0.430. The van der Waals surface area contributed by atoms with Gasteiger partial charge in [-0.15, -0.1) is 0 Å². The molecule has 2 rings (SSSR count). The van der Waals surface area contributed by atoms with Gasteiger partial charge >= 0.3 is 11.9 Å². The normalized spacial score (nSPS) is 15.4. The molecule has 1 fully saturated rings. The van der Waals surface area contributed by atoms with Crippen LogP contribution < -0.4 is 0 Å². The molecule has 0 aliphatic heterocycles. The molecule has 0 N–H and O–H groups in total. The van der Waals surface area contributed by atoms with Crippen molar-refractivity contribution in [2.24, 2.45) is 10.9 Å². The molecule has 0 atom stereocenters. The van der Waals surface area contributed by atoms with Gasteiger partial charge in [-0.25, -0.2) is 8.42 Å². The molecule has 0 saturated heterocycles. The summed E-state index contributed by atoms with van der Waals surface area (Å²) in [5, 5.41) is -0.316. The minimum Gasteiger partial charge on any atom is -0.465 e. The van der Waals surface area contributed by atoms with Crippen LogP contribution in [0.15, 0.2) is 34.2 Å². The minimum atomic E-state index is -3.33. The molecule has 0 amide bonds. The topological polar surface area (TPSA) is 99.1 Å². The summed E-state index contributed by atoms with van der Waals surface area (Å²) in [7, 11) is -3.33. The molecule has 27 heavy (non-hydrogen) atoms. The highest BCUT2D eigenvalue weighted by molar-refractivity contribution is 7.92. The number of aliphatic imine (C=N–C) groups is 1. The maximum Gasteiger partial charge on any atom is 0.325 e. The number of rotatable bonds is 8. The lowest BCUT2D eigenvalue weighted by atomic mass is 10.1. The summed E-state index contributed by atoms with van der Waals surface area (Å²) in [6.45, 7) is 3.55. The van der Waals surface area contributed by atoms with Gasteiger partial charge in [-0.05, 0) is 51.0 Å². The van der Waals surface area contributed by atoms with Gasteiger partial charge in [-0.2, -0.15) is 0 Å². The van der Waals surface area contributed by atoms with E-state index in [4.69, 9.17) is 9.47 Å². The molecule has 7 nitrogen and oxygen atoms in total. The van der Waals surface area contributed by atoms with Crippen LogP contribution >= 0.6 is 0 Å². The Kier molecular flexibility index (Phi) is 7.53. The summed E-state index contributed by atoms with van der Waals surface area (Å²) < 4.78 is 34.9. The predicted molar refractivity (Wildman–Crippen MR) is 101 cm³/mol. The molecule has 0 aromatic heterocycles. The fraction of sp³-hybridized carbons (Fsp3) is 0.526. The Bertz CT molecular complexity index is 761. The van der Waals surface area contributed by atoms with Crippen LogP contribution in [0.2, 0.25) is 0 Å². The maximum absolute atomic E-state index is 12.6. The van der Waals surface area contributed by atoms with E-state index >= 15 is 0 Å². The van der Waals surface area contributed by atoms with Crippen LogP contribution in [-0.2, 0) is 28.9 Å². The highest BCUT2D eigenvalue weighted by atomic mass is 32.2. The van der Waals surface area contributed by atoms with E-state index in [1.807, 2.05) is 0 Å². The fourth-order valence-corrected chi connectivity index (χ4v) is 4.81. The zero-order valence-corrected chi connectivity index (χ0v) is 16.4. The van der Waals surface area contributed by atoms with Crippen LogP contribution in [0, 0.1) is 5.92 Å². The third kappa shape index (κ3) is 5.38. The number of esters is 2. The number of ether oxygens (including phenoxy) is 2. The van der Waals surface area contributed by atoms with Gasteiger partial charge in [0, 0.05) is 6.21 Å². The van der Waals surface area contributed by atoms with Crippen molar-refractivity contribution in [2.45, 2.75) is 49.7 Å². The van der Waals surface area contributed by atoms with Crippen molar-refractivity contribution in [3.63, 3.8) is 0 Å². The summed E-state index contributed by atoms with van der Waals surface area (Å²) in [4.78, 5) is 28.2. The van der Waals surface area contributed by atoms with Gasteiger partial charge in [0.05, 0.1) is 29.0 Å². The molecular formula is C19H25NO6S. The van der Waals surface area contributed by atoms with E-state index in [1.54, 1.807) is 26.0 Å². The largest absolute Gasteiger partial charge is 0.465 e. The van der Waals surface area contributed by atoms with E-state index in [9.17, 15) is 18.0 Å². The third-order valence-electron chi connectivity index (χ3n) is 4.36. The van der Waals surface area contributed by atoms with Crippen molar-refractivity contribution in [2.75, 3.05) is 13.2 Å². The van der Waals surface area contributed by atoms with Crippen LogP contribution in [0.5, 0.6) is 0 Å². The van der Waals surface area contributed by atoms with Crippen LogP contribution in [0.1, 0.15) is 39.5 Å². The first kappa shape index (κ1) is 21.1. The molecule has 1 aromatic carbocycles. The van der Waals surface area contributed by atoms with Crippen LogP contribution in [0.4, 0.5) is 5.69 Å². The van der Waals surface area contributed by atoms with E-state index in [1.165, 1.54) is 12.1 Å². The fourth-order valence-electron chi connectivity index (χ4n) is 2.96. The third-order valence-corrected chi connectivity index (χ3v) is 6.64. The quantitative estimate of drug-likeness (QED) is 0.381. The van der Waals surface area contributed by atoms with Gasteiger partial charge < -0.3 is 9.47 Å². The predicted octanol–water partition coefficient (Wildman–Crippen LogP) is 2.85. The highest BCUT2D eigenvalue weighted by Gasteiger charge is 2.30. The molecular weight excluding hydrogens is 370 g/mol. The minimum absolute atomic E-state index is 0.135. The summed E-state index contributed by atoms with van der Waals surface area (Å²) >= 11 is 0. The Morgan fingerprint density at radius 3 is 2.07 bits per heavy atom. The number of carbonyl (C=O) groups excluding carboxylic acids is 2. The molecule has 1 aliphatic rings. The number of carbonyl (C=O) groups is 2. The van der Waals surface area contributed by atoms with Crippen molar-refractivity contribution < 1.29 is 27.5 Å². The van der Waals surface area contributed by atoms with Crippen molar-refractivity contribution in [1.82, 2.24) is 0 Å². The Labute approximate surface area is 159 Å². The van der Waals surface area contributed by atoms with E-state index < -0.39 is 27.7 Å². The average molecular weight is 395 g/mol. The van der Waals surface area contributed by atoms with E-state index in [0.717, 1.165) is 19.1 Å². The first-order valence-electron chi connectivity index (χ1n) is 9.11. The zero-order chi connectivity index (χ0) is 19.9.